The Kier molecular flexibility index (Phi) is 4.23. The van der Waals surface area contributed by atoms with Gasteiger partial charge in [0.2, 0.25) is 0 Å². The van der Waals surface area contributed by atoms with Crippen LogP contribution >= 0.6 is 23.4 Å². The zero-order chi connectivity index (χ0) is 8.16. The Morgan fingerprint density at radius 1 is 1.36 bits per heavy atom. The van der Waals surface area contributed by atoms with Crippen molar-refractivity contribution in [3.63, 3.8) is 0 Å². The van der Waals surface area contributed by atoms with Crippen molar-refractivity contribution in [3.8, 4) is 0 Å². The first kappa shape index (κ1) is 9.86. The lowest BCUT2D eigenvalue weighted by Crippen LogP contribution is -2.43. The van der Waals surface area contributed by atoms with Crippen LogP contribution in [-0.4, -0.2) is 38.8 Å². The minimum atomic E-state index is -1.94. The van der Waals surface area contributed by atoms with E-state index in [1.54, 1.807) is 0 Å². The number of hydrogen-bond donors (Lipinski definition) is 0. The molecule has 0 N–H and O–H groups in total. The number of halogens is 1. The number of hydrogen-bond acceptors (Lipinski definition) is 3. The second kappa shape index (κ2) is 4.72. The Hall–Kier alpha value is 0.777. The summed E-state index contributed by atoms with van der Waals surface area (Å²) in [5, 5.41) is 0. The van der Waals surface area contributed by atoms with E-state index in [1.807, 2.05) is 18.3 Å². The minimum absolute atomic E-state index is 0.539. The van der Waals surface area contributed by atoms with Crippen molar-refractivity contribution in [2.24, 2.45) is 0 Å². The Morgan fingerprint density at radius 3 is 2.36 bits per heavy atom. The molecule has 5 heteroatoms. The van der Waals surface area contributed by atoms with Crippen LogP contribution in [0.4, 0.5) is 0 Å². The summed E-state index contributed by atoms with van der Waals surface area (Å²) in [4.78, 5) is 0. The van der Waals surface area contributed by atoms with Gasteiger partial charge < -0.3 is 8.85 Å². The molecule has 0 saturated carbocycles. The van der Waals surface area contributed by atoms with Crippen molar-refractivity contribution in [2.75, 3.05) is 30.2 Å². The van der Waals surface area contributed by atoms with Gasteiger partial charge in [0.1, 0.15) is 0 Å². The van der Waals surface area contributed by atoms with E-state index in [0.29, 0.717) is 5.50 Å². The van der Waals surface area contributed by atoms with Gasteiger partial charge in [0.15, 0.2) is 0 Å². The molecule has 0 spiro atoms. The fourth-order valence-corrected chi connectivity index (χ4v) is 3.52. The van der Waals surface area contributed by atoms with Crippen LogP contribution < -0.4 is 0 Å². The molecule has 11 heavy (non-hydrogen) atoms. The van der Waals surface area contributed by atoms with Crippen molar-refractivity contribution in [1.29, 1.82) is 0 Å². The molecular formula is C6H13ClO2SSi. The van der Waals surface area contributed by atoms with Crippen LogP contribution in [0, 0.1) is 0 Å². The van der Waals surface area contributed by atoms with Gasteiger partial charge in [0, 0.05) is 24.7 Å². The van der Waals surface area contributed by atoms with Gasteiger partial charge in [-0.25, -0.2) is 0 Å². The molecule has 1 fully saturated rings. The molecule has 0 aromatic rings. The second-order valence-electron chi connectivity index (χ2n) is 2.58. The molecule has 0 aliphatic carbocycles. The molecule has 1 rings (SSSR count). The molecule has 0 atom stereocenters. The predicted octanol–water partition coefficient (Wildman–Crippen LogP) is 1.62. The maximum Gasteiger partial charge on any atom is 0.350 e. The standard InChI is InChI=1S/C6H13ClO2SSi/c1-11(6-7)8-2-4-10-5-3-9-11/h2-6H2,1H3. The quantitative estimate of drug-likeness (QED) is 0.486. The van der Waals surface area contributed by atoms with Gasteiger partial charge in [-0.3, -0.25) is 0 Å². The first-order valence-electron chi connectivity index (χ1n) is 3.68. The number of rotatable bonds is 1. The van der Waals surface area contributed by atoms with E-state index in [0.717, 1.165) is 24.7 Å². The summed E-state index contributed by atoms with van der Waals surface area (Å²) < 4.78 is 11.2. The van der Waals surface area contributed by atoms with Crippen molar-refractivity contribution in [1.82, 2.24) is 0 Å². The summed E-state index contributed by atoms with van der Waals surface area (Å²) in [5.74, 6) is 2.14. The predicted molar refractivity (Wildman–Crippen MR) is 51.6 cm³/mol. The highest BCUT2D eigenvalue weighted by molar-refractivity contribution is 7.99. The smallest absolute Gasteiger partial charge is 0.350 e. The summed E-state index contributed by atoms with van der Waals surface area (Å²) in [6.07, 6.45) is 0. The first-order valence-corrected chi connectivity index (χ1v) is 7.90. The van der Waals surface area contributed by atoms with E-state index in [-0.39, 0.29) is 0 Å². The van der Waals surface area contributed by atoms with Crippen molar-refractivity contribution >= 4 is 31.9 Å². The van der Waals surface area contributed by atoms with Crippen LogP contribution in [0.5, 0.6) is 0 Å². The summed E-state index contributed by atoms with van der Waals surface area (Å²) in [7, 11) is -1.94. The fourth-order valence-electron chi connectivity index (χ4n) is 0.854. The van der Waals surface area contributed by atoms with Crippen LogP contribution in [0.3, 0.4) is 0 Å². The van der Waals surface area contributed by atoms with Crippen molar-refractivity contribution in [3.05, 3.63) is 0 Å². The summed E-state index contributed by atoms with van der Waals surface area (Å²) >= 11 is 7.62. The molecule has 0 amide bonds. The lowest BCUT2D eigenvalue weighted by molar-refractivity contribution is 0.194. The molecule has 1 saturated heterocycles. The van der Waals surface area contributed by atoms with E-state index in [4.69, 9.17) is 20.5 Å². The van der Waals surface area contributed by atoms with Gasteiger partial charge in [-0.15, -0.1) is 11.6 Å². The summed E-state index contributed by atoms with van der Waals surface area (Å²) in [6.45, 7) is 3.61. The van der Waals surface area contributed by atoms with Crippen LogP contribution in [0.25, 0.3) is 0 Å². The SMILES string of the molecule is C[Si]1(CCl)OCCSCCO1. The zero-order valence-electron chi connectivity index (χ0n) is 6.64. The third kappa shape index (κ3) is 3.34. The van der Waals surface area contributed by atoms with Crippen LogP contribution in [0.2, 0.25) is 6.55 Å². The minimum Gasteiger partial charge on any atom is -0.393 e. The van der Waals surface area contributed by atoms with Gasteiger partial charge >= 0.3 is 8.56 Å². The number of thioether (sulfide) groups is 1. The largest absolute Gasteiger partial charge is 0.393 e. The van der Waals surface area contributed by atoms with Gasteiger partial charge in [0.05, 0.1) is 5.50 Å². The molecule has 0 aromatic heterocycles. The van der Waals surface area contributed by atoms with E-state index in [9.17, 15) is 0 Å². The molecule has 0 bridgehead atoms. The van der Waals surface area contributed by atoms with Gasteiger partial charge in [-0.05, 0) is 6.55 Å². The highest BCUT2D eigenvalue weighted by Crippen LogP contribution is 2.14. The zero-order valence-corrected chi connectivity index (χ0v) is 9.21. The average Bonchev–Trinajstić information content (AvgIpc) is 1.98. The third-order valence-corrected chi connectivity index (χ3v) is 6.00. The Balaban J connectivity index is 2.37. The van der Waals surface area contributed by atoms with Gasteiger partial charge in [0.25, 0.3) is 0 Å². The Labute approximate surface area is 77.8 Å². The molecular weight excluding hydrogens is 200 g/mol. The lowest BCUT2D eigenvalue weighted by atomic mass is 10.9. The molecule has 2 nitrogen and oxygen atoms in total. The normalized spacial score (nSPS) is 25.6. The molecule has 66 valence electrons. The average molecular weight is 213 g/mol. The van der Waals surface area contributed by atoms with Crippen LogP contribution in [0.15, 0.2) is 0 Å². The highest BCUT2D eigenvalue weighted by Gasteiger charge is 2.31. The monoisotopic (exact) mass is 212 g/mol. The topological polar surface area (TPSA) is 18.5 Å². The molecule has 1 heterocycles. The molecule has 0 radical (unpaired) electrons. The van der Waals surface area contributed by atoms with E-state index < -0.39 is 8.56 Å². The van der Waals surface area contributed by atoms with Crippen molar-refractivity contribution < 1.29 is 8.85 Å². The summed E-state index contributed by atoms with van der Waals surface area (Å²) in [6, 6.07) is 0. The van der Waals surface area contributed by atoms with Crippen LogP contribution in [0.1, 0.15) is 0 Å². The van der Waals surface area contributed by atoms with Crippen LogP contribution in [-0.2, 0) is 8.85 Å². The molecule has 1 aliphatic heterocycles. The third-order valence-electron chi connectivity index (χ3n) is 1.51. The van der Waals surface area contributed by atoms with E-state index in [2.05, 4.69) is 0 Å². The Morgan fingerprint density at radius 2 is 1.91 bits per heavy atom. The highest BCUT2D eigenvalue weighted by atomic mass is 35.5. The van der Waals surface area contributed by atoms with E-state index >= 15 is 0 Å². The fraction of sp³-hybridized carbons (Fsp3) is 1.00. The van der Waals surface area contributed by atoms with E-state index in [1.165, 1.54) is 0 Å². The second-order valence-corrected chi connectivity index (χ2v) is 7.72. The van der Waals surface area contributed by atoms with Gasteiger partial charge in [-0.2, -0.15) is 11.8 Å². The Bertz CT molecular complexity index is 117. The maximum absolute atomic E-state index is 5.75. The van der Waals surface area contributed by atoms with Gasteiger partial charge in [-0.1, -0.05) is 0 Å². The van der Waals surface area contributed by atoms with Crippen molar-refractivity contribution in [2.45, 2.75) is 6.55 Å². The first-order chi connectivity index (χ1) is 5.27. The summed E-state index contributed by atoms with van der Waals surface area (Å²) in [5.41, 5.74) is 0.539. The molecule has 0 unspecified atom stereocenters. The number of alkyl halides is 1. The molecule has 1 aliphatic rings. The maximum atomic E-state index is 5.75. The lowest BCUT2D eigenvalue weighted by Gasteiger charge is -2.26. The molecule has 0 aromatic carbocycles.